The second-order valence-corrected chi connectivity index (χ2v) is 5.07. The van der Waals surface area contributed by atoms with Gasteiger partial charge >= 0.3 is 0 Å². The number of nitrogens with zero attached hydrogens (tertiary/aromatic N) is 1. The molecule has 18 heavy (non-hydrogen) atoms. The molecule has 6 heteroatoms. The van der Waals surface area contributed by atoms with Gasteiger partial charge in [-0.3, -0.25) is 0 Å². The summed E-state index contributed by atoms with van der Waals surface area (Å²) in [4.78, 5) is 3.94. The number of hydrogen-bond acceptors (Lipinski definition) is 2. The van der Waals surface area contributed by atoms with Crippen LogP contribution in [0.5, 0.6) is 5.75 Å². The van der Waals surface area contributed by atoms with E-state index in [2.05, 4.69) is 4.98 Å². The average Bonchev–Trinajstić information content (AvgIpc) is 2.33. The van der Waals surface area contributed by atoms with Crippen LogP contribution < -0.4 is 4.74 Å². The van der Waals surface area contributed by atoms with Crippen LogP contribution in [0.25, 0.3) is 11.1 Å². The molecule has 0 atom stereocenters. The molecule has 94 valence electrons. The standard InChI is InChI=1S/C12H7Cl4NO/c1-18-10-5-17-11(15)4-7(10)8-2-6(13)3-9(14)12(8)16/h2-5H,1H3. The molecule has 0 aliphatic rings. The zero-order chi connectivity index (χ0) is 13.3. The normalized spacial score (nSPS) is 10.5. The van der Waals surface area contributed by atoms with Crippen LogP contribution in [-0.2, 0) is 0 Å². The van der Waals surface area contributed by atoms with Crippen LogP contribution in [0, 0.1) is 0 Å². The molecule has 0 amide bonds. The number of halogens is 4. The minimum absolute atomic E-state index is 0.331. The summed E-state index contributed by atoms with van der Waals surface area (Å²) in [5.41, 5.74) is 1.34. The maximum atomic E-state index is 6.17. The van der Waals surface area contributed by atoms with E-state index in [0.29, 0.717) is 37.1 Å². The van der Waals surface area contributed by atoms with Gasteiger partial charge in [-0.05, 0) is 18.2 Å². The second-order valence-electron chi connectivity index (χ2n) is 3.46. The quantitative estimate of drug-likeness (QED) is 0.547. The summed E-state index contributed by atoms with van der Waals surface area (Å²) in [6.07, 6.45) is 1.52. The van der Waals surface area contributed by atoms with E-state index >= 15 is 0 Å². The smallest absolute Gasteiger partial charge is 0.145 e. The van der Waals surface area contributed by atoms with Gasteiger partial charge in [0.2, 0.25) is 0 Å². The monoisotopic (exact) mass is 321 g/mol. The number of hydrogen-bond donors (Lipinski definition) is 0. The minimum atomic E-state index is 0.331. The van der Waals surface area contributed by atoms with Gasteiger partial charge in [-0.1, -0.05) is 46.4 Å². The van der Waals surface area contributed by atoms with Crippen LogP contribution in [0.1, 0.15) is 0 Å². The lowest BCUT2D eigenvalue weighted by Gasteiger charge is -2.11. The Kier molecular flexibility index (Phi) is 4.23. The highest BCUT2D eigenvalue weighted by molar-refractivity contribution is 6.45. The Bertz CT molecular complexity index is 601. The molecule has 0 N–H and O–H groups in total. The van der Waals surface area contributed by atoms with Gasteiger partial charge < -0.3 is 4.74 Å². The molecule has 0 saturated heterocycles. The molecular formula is C12H7Cl4NO. The molecule has 1 aromatic carbocycles. The van der Waals surface area contributed by atoms with Crippen LogP contribution in [0.2, 0.25) is 20.2 Å². The van der Waals surface area contributed by atoms with Crippen molar-refractivity contribution in [1.29, 1.82) is 0 Å². The summed E-state index contributed by atoms with van der Waals surface area (Å²) >= 11 is 24.0. The van der Waals surface area contributed by atoms with Gasteiger partial charge in [0.1, 0.15) is 10.9 Å². The Balaban J connectivity index is 2.72. The third kappa shape index (κ3) is 2.67. The van der Waals surface area contributed by atoms with Crippen molar-refractivity contribution in [2.45, 2.75) is 0 Å². The van der Waals surface area contributed by atoms with E-state index in [-0.39, 0.29) is 0 Å². The van der Waals surface area contributed by atoms with Gasteiger partial charge in [-0.25, -0.2) is 4.98 Å². The van der Waals surface area contributed by atoms with Crippen LogP contribution >= 0.6 is 46.4 Å². The Morgan fingerprint density at radius 2 is 1.72 bits per heavy atom. The summed E-state index contributed by atoms with van der Waals surface area (Å²) in [5, 5.41) is 1.57. The fraction of sp³-hybridized carbons (Fsp3) is 0.0833. The SMILES string of the molecule is COc1cnc(Cl)cc1-c1cc(Cl)cc(Cl)c1Cl. The highest BCUT2D eigenvalue weighted by atomic mass is 35.5. The lowest BCUT2D eigenvalue weighted by Crippen LogP contribution is -1.91. The van der Waals surface area contributed by atoms with E-state index in [1.807, 2.05) is 0 Å². The zero-order valence-electron chi connectivity index (χ0n) is 9.18. The molecule has 0 bridgehead atoms. The van der Waals surface area contributed by atoms with E-state index in [1.54, 1.807) is 18.2 Å². The topological polar surface area (TPSA) is 22.1 Å². The molecule has 0 saturated carbocycles. The highest BCUT2D eigenvalue weighted by Crippen LogP contribution is 2.40. The van der Waals surface area contributed by atoms with Crippen LogP contribution in [0.15, 0.2) is 24.4 Å². The van der Waals surface area contributed by atoms with E-state index < -0.39 is 0 Å². The van der Waals surface area contributed by atoms with E-state index in [9.17, 15) is 0 Å². The molecule has 0 spiro atoms. The summed E-state index contributed by atoms with van der Waals surface area (Å²) in [6.45, 7) is 0. The van der Waals surface area contributed by atoms with Gasteiger partial charge in [0.05, 0.1) is 23.4 Å². The Morgan fingerprint density at radius 1 is 1.00 bits per heavy atom. The third-order valence-electron chi connectivity index (χ3n) is 2.34. The predicted octanol–water partition coefficient (Wildman–Crippen LogP) is 5.37. The molecule has 1 heterocycles. The predicted molar refractivity (Wildman–Crippen MR) is 76.3 cm³/mol. The highest BCUT2D eigenvalue weighted by Gasteiger charge is 2.14. The average molecular weight is 323 g/mol. The van der Waals surface area contributed by atoms with Gasteiger partial charge in [0.15, 0.2) is 0 Å². The minimum Gasteiger partial charge on any atom is -0.494 e. The molecule has 0 aliphatic heterocycles. The number of benzene rings is 1. The molecule has 0 aliphatic carbocycles. The largest absolute Gasteiger partial charge is 0.494 e. The Labute approximate surface area is 124 Å². The van der Waals surface area contributed by atoms with E-state index in [0.717, 1.165) is 0 Å². The Hall–Kier alpha value is -0.670. The zero-order valence-corrected chi connectivity index (χ0v) is 12.2. The van der Waals surface area contributed by atoms with Crippen LogP contribution in [-0.4, -0.2) is 12.1 Å². The van der Waals surface area contributed by atoms with Crippen LogP contribution in [0.3, 0.4) is 0 Å². The first-order valence-corrected chi connectivity index (χ1v) is 6.38. The Morgan fingerprint density at radius 3 is 2.39 bits per heavy atom. The van der Waals surface area contributed by atoms with Crippen molar-refractivity contribution in [2.24, 2.45) is 0 Å². The van der Waals surface area contributed by atoms with Crippen molar-refractivity contribution in [1.82, 2.24) is 4.98 Å². The fourth-order valence-electron chi connectivity index (χ4n) is 1.54. The van der Waals surface area contributed by atoms with Crippen molar-refractivity contribution in [3.8, 4) is 16.9 Å². The summed E-state index contributed by atoms with van der Waals surface area (Å²) in [7, 11) is 1.54. The molecule has 2 nitrogen and oxygen atoms in total. The van der Waals surface area contributed by atoms with Gasteiger partial charge in [0, 0.05) is 16.1 Å². The first-order chi connectivity index (χ1) is 8.52. The number of ether oxygens (including phenoxy) is 1. The maximum Gasteiger partial charge on any atom is 0.145 e. The second kappa shape index (κ2) is 5.54. The molecule has 0 radical (unpaired) electrons. The molecule has 0 unspecified atom stereocenters. The van der Waals surface area contributed by atoms with Crippen molar-refractivity contribution in [3.63, 3.8) is 0 Å². The number of pyridine rings is 1. The fourth-order valence-corrected chi connectivity index (χ4v) is 2.40. The maximum absolute atomic E-state index is 6.17. The summed E-state index contributed by atoms with van der Waals surface area (Å²) in [5.74, 6) is 0.541. The van der Waals surface area contributed by atoms with E-state index in [4.69, 9.17) is 51.1 Å². The van der Waals surface area contributed by atoms with Crippen molar-refractivity contribution in [3.05, 3.63) is 44.6 Å². The molecule has 2 aromatic rings. The number of methoxy groups -OCH3 is 1. The number of aromatic nitrogens is 1. The summed E-state index contributed by atoms with van der Waals surface area (Å²) < 4.78 is 5.22. The first kappa shape index (κ1) is 13.8. The van der Waals surface area contributed by atoms with Crippen molar-refractivity contribution < 1.29 is 4.74 Å². The third-order valence-corrected chi connectivity index (χ3v) is 3.56. The van der Waals surface area contributed by atoms with Crippen molar-refractivity contribution >= 4 is 46.4 Å². The van der Waals surface area contributed by atoms with Gasteiger partial charge in [-0.15, -0.1) is 0 Å². The summed E-state index contributed by atoms with van der Waals surface area (Å²) in [6, 6.07) is 4.92. The van der Waals surface area contributed by atoms with Gasteiger partial charge in [-0.2, -0.15) is 0 Å². The van der Waals surface area contributed by atoms with E-state index in [1.165, 1.54) is 13.3 Å². The number of rotatable bonds is 2. The first-order valence-electron chi connectivity index (χ1n) is 4.87. The molecule has 2 rings (SSSR count). The van der Waals surface area contributed by atoms with Crippen molar-refractivity contribution in [2.75, 3.05) is 7.11 Å². The molecule has 1 aromatic heterocycles. The van der Waals surface area contributed by atoms with Gasteiger partial charge in [0.25, 0.3) is 0 Å². The molecular weight excluding hydrogens is 316 g/mol. The lowest BCUT2D eigenvalue weighted by atomic mass is 10.1. The lowest BCUT2D eigenvalue weighted by molar-refractivity contribution is 0.414. The molecule has 0 fully saturated rings. The van der Waals surface area contributed by atoms with Crippen LogP contribution in [0.4, 0.5) is 0 Å².